The maximum absolute atomic E-state index is 2.98. The molecule has 0 N–H and O–H groups in total. The first-order chi connectivity index (χ1) is 43.3. The second-order valence-electron chi connectivity index (χ2n) is 34.7. The van der Waals surface area contributed by atoms with Crippen LogP contribution in [-0.2, 0) is 51.8 Å². The van der Waals surface area contributed by atoms with Gasteiger partial charge in [0, 0.05) is 34.2 Å². The lowest BCUT2D eigenvalue weighted by molar-refractivity contribution is 0.418. The van der Waals surface area contributed by atoms with E-state index in [1.54, 1.807) is 0 Å². The molecule has 3 heterocycles. The van der Waals surface area contributed by atoms with E-state index in [9.17, 15) is 0 Å². The van der Waals surface area contributed by atoms with Crippen molar-refractivity contribution in [3.63, 3.8) is 0 Å². The molecule has 0 bridgehead atoms. The number of unbranched alkanes of at least 4 members (excludes halogenated alkanes) is 3. The molecule has 1 nitrogen and oxygen atoms in total. The molecule has 4 aliphatic rings. The maximum Gasteiger partial charge on any atom is 0.247 e. The minimum atomic E-state index is -0.231. The highest BCUT2D eigenvalue weighted by Gasteiger charge is 2.52. The molecule has 1 aliphatic carbocycles. The molecular formula is C90H104BN. The Bertz CT molecular complexity index is 4210. The minimum Gasteiger partial charge on any atom is -0.336 e. The van der Waals surface area contributed by atoms with E-state index in [-0.39, 0.29) is 56.6 Å². The van der Waals surface area contributed by atoms with E-state index >= 15 is 0 Å². The number of fused-ring (bicyclic) bond motifs is 7. The Kier molecular flexibility index (Phi) is 15.8. The highest BCUT2D eigenvalue weighted by atomic mass is 15.2. The quantitative estimate of drug-likeness (QED) is 0.0870. The third-order valence-corrected chi connectivity index (χ3v) is 22.4. The molecular weight excluding hydrogens is 1110 g/mol. The summed E-state index contributed by atoms with van der Waals surface area (Å²) < 4.78 is 0. The van der Waals surface area contributed by atoms with Crippen molar-refractivity contribution >= 4 is 34.5 Å². The maximum atomic E-state index is 2.98. The highest BCUT2D eigenvalue weighted by molar-refractivity contribution is 6.98. The molecule has 2 heteroatoms. The summed E-state index contributed by atoms with van der Waals surface area (Å²) >= 11 is 0. The monoisotopic (exact) mass is 1210 g/mol. The van der Waals surface area contributed by atoms with Crippen LogP contribution in [0.4, 0.5) is 11.4 Å². The van der Waals surface area contributed by atoms with E-state index in [4.69, 9.17) is 0 Å². The summed E-state index contributed by atoms with van der Waals surface area (Å²) in [5.41, 5.74) is 35.0. The van der Waals surface area contributed by atoms with Gasteiger partial charge in [0.1, 0.15) is 0 Å². The van der Waals surface area contributed by atoms with Crippen LogP contribution in [0.5, 0.6) is 0 Å². The largest absolute Gasteiger partial charge is 0.336 e. The summed E-state index contributed by atoms with van der Waals surface area (Å²) in [5.74, 6) is 0.0711. The molecule has 0 spiro atoms. The van der Waals surface area contributed by atoms with Gasteiger partial charge < -0.3 is 4.90 Å². The smallest absolute Gasteiger partial charge is 0.247 e. The number of rotatable bonds is 12. The molecule has 92 heavy (non-hydrogen) atoms. The predicted octanol–water partition coefficient (Wildman–Crippen LogP) is 22.1. The second kappa shape index (κ2) is 22.8. The van der Waals surface area contributed by atoms with Gasteiger partial charge in [-0.3, -0.25) is 0 Å². The van der Waals surface area contributed by atoms with Gasteiger partial charge in [-0.1, -0.05) is 326 Å². The normalized spacial score (nSPS) is 17.6. The van der Waals surface area contributed by atoms with Crippen LogP contribution >= 0.6 is 0 Å². The standard InChI is InChI=1S/C90H104BN/c1-20-21-22-29-44-90(19)56-63-47-67(87(11,12)13)53-79-83(63)92(90)80-49-61(70(60-36-40-65(41-37-60)85(5,6)7)45-57-34-38-64(39-35-57)84(2,3)4)46-62-48-75(81-71(58-30-25-23-26-31-58)50-68(88(14,15)16)51-72(81)59-32-27-24-28-33-59)74-54-73-69-43-42-66(86(8,9)10)52-76(69)89(17,18)77(73)55-78(74)91(79)82(62)80/h23-28,30-43,46-47,49-55,70,75H,20-22,29,44-45,48,56H2,1-19H3. The fourth-order valence-electron chi connectivity index (χ4n) is 16.8. The van der Waals surface area contributed by atoms with Crippen LogP contribution in [0.15, 0.2) is 176 Å². The lowest BCUT2D eigenvalue weighted by Crippen LogP contribution is -2.61. The summed E-state index contributed by atoms with van der Waals surface area (Å²) in [6.45, 7) is 45.8. The van der Waals surface area contributed by atoms with Gasteiger partial charge in [-0.05, 0) is 188 Å². The molecule has 472 valence electrons. The molecule has 0 saturated carbocycles. The van der Waals surface area contributed by atoms with E-state index in [0.717, 1.165) is 25.7 Å². The third-order valence-electron chi connectivity index (χ3n) is 22.4. The first-order valence-corrected chi connectivity index (χ1v) is 35.3. The summed E-state index contributed by atoms with van der Waals surface area (Å²) in [6, 6.07) is 71.7. The van der Waals surface area contributed by atoms with E-state index < -0.39 is 0 Å². The lowest BCUT2D eigenvalue weighted by Gasteiger charge is -2.45. The fourth-order valence-corrected chi connectivity index (χ4v) is 16.8. The van der Waals surface area contributed by atoms with Crippen LogP contribution in [0.3, 0.4) is 0 Å². The van der Waals surface area contributed by atoms with Gasteiger partial charge >= 0.3 is 0 Å². The van der Waals surface area contributed by atoms with Crippen molar-refractivity contribution in [2.24, 2.45) is 0 Å². The topological polar surface area (TPSA) is 3.24 Å². The Balaban J connectivity index is 1.18. The van der Waals surface area contributed by atoms with E-state index in [2.05, 4.69) is 312 Å². The zero-order valence-corrected chi connectivity index (χ0v) is 59.6. The highest BCUT2D eigenvalue weighted by Crippen LogP contribution is 2.55. The van der Waals surface area contributed by atoms with Crippen LogP contribution in [0.1, 0.15) is 253 Å². The molecule has 0 saturated heterocycles. The van der Waals surface area contributed by atoms with Crippen molar-refractivity contribution < 1.29 is 0 Å². The fraction of sp³-hybridized carbons (Fsp3) is 0.400. The van der Waals surface area contributed by atoms with Gasteiger partial charge in [-0.25, -0.2) is 0 Å². The minimum absolute atomic E-state index is 0.0117. The number of hydrogen-bond acceptors (Lipinski definition) is 1. The van der Waals surface area contributed by atoms with E-state index in [0.29, 0.717) is 0 Å². The number of hydrogen-bond donors (Lipinski definition) is 0. The van der Waals surface area contributed by atoms with Crippen LogP contribution in [0, 0.1) is 0 Å². The lowest BCUT2D eigenvalue weighted by atomic mass is 9.33. The average Bonchev–Trinajstić information content (AvgIpc) is 1.48. The van der Waals surface area contributed by atoms with Crippen molar-refractivity contribution in [2.75, 3.05) is 4.90 Å². The van der Waals surface area contributed by atoms with Gasteiger partial charge in [0.05, 0.1) is 0 Å². The van der Waals surface area contributed by atoms with Crippen molar-refractivity contribution in [1.82, 2.24) is 0 Å². The molecule has 3 atom stereocenters. The summed E-state index contributed by atoms with van der Waals surface area (Å²) in [4.78, 5) is 2.98. The Morgan fingerprint density at radius 1 is 0.467 bits per heavy atom. The number of anilines is 2. The molecule has 3 aliphatic heterocycles. The molecule has 0 fully saturated rings. The van der Waals surface area contributed by atoms with Gasteiger partial charge in [-0.15, -0.1) is 0 Å². The average molecular weight is 1210 g/mol. The number of benzene rings is 9. The van der Waals surface area contributed by atoms with Crippen molar-refractivity contribution in [1.29, 1.82) is 0 Å². The van der Waals surface area contributed by atoms with E-state index in [1.165, 1.54) is 165 Å². The van der Waals surface area contributed by atoms with Crippen molar-refractivity contribution in [2.45, 2.75) is 233 Å². The summed E-state index contributed by atoms with van der Waals surface area (Å²) in [5, 5.41) is 0. The number of nitrogens with zero attached hydrogens (tertiary/aromatic N) is 1. The van der Waals surface area contributed by atoms with Gasteiger partial charge in [-0.2, -0.15) is 0 Å². The zero-order chi connectivity index (χ0) is 65.4. The van der Waals surface area contributed by atoms with Gasteiger partial charge in [0.2, 0.25) is 6.71 Å². The summed E-state index contributed by atoms with van der Waals surface area (Å²) in [6.07, 6.45) is 8.91. The molecule has 0 radical (unpaired) electrons. The van der Waals surface area contributed by atoms with Crippen molar-refractivity contribution in [3.8, 4) is 33.4 Å². The molecule has 9 aromatic rings. The first kappa shape index (κ1) is 63.6. The van der Waals surface area contributed by atoms with Gasteiger partial charge in [0.25, 0.3) is 0 Å². The third kappa shape index (κ3) is 11.3. The van der Waals surface area contributed by atoms with Crippen LogP contribution in [-0.4, -0.2) is 12.3 Å². The van der Waals surface area contributed by atoms with E-state index in [1.807, 2.05) is 0 Å². The Morgan fingerprint density at radius 2 is 1.01 bits per heavy atom. The van der Waals surface area contributed by atoms with Crippen LogP contribution < -0.4 is 21.3 Å². The van der Waals surface area contributed by atoms with Crippen LogP contribution in [0.25, 0.3) is 33.4 Å². The van der Waals surface area contributed by atoms with Crippen LogP contribution in [0.2, 0.25) is 0 Å². The molecule has 13 rings (SSSR count). The second-order valence-corrected chi connectivity index (χ2v) is 34.7. The molecule has 3 unspecified atom stereocenters. The Morgan fingerprint density at radius 3 is 1.58 bits per heavy atom. The first-order valence-electron chi connectivity index (χ1n) is 35.3. The Hall–Kier alpha value is -7.16. The summed E-state index contributed by atoms with van der Waals surface area (Å²) in [7, 11) is 0. The van der Waals surface area contributed by atoms with Gasteiger partial charge in [0.15, 0.2) is 0 Å². The Labute approximate surface area is 556 Å². The molecule has 0 amide bonds. The molecule has 0 aromatic heterocycles. The van der Waals surface area contributed by atoms with Crippen molar-refractivity contribution in [3.05, 3.63) is 254 Å². The SMILES string of the molecule is CCCCCCC1(C)Cc2cc(C(C)(C)C)cc3c2N1c1cc(C(Cc2ccc(C(C)(C)C)cc2)c2ccc(C(C)(C)C)cc2)cc2c1B3c1cc3c(cc1C(c1c(-c4ccccc4)cc(C(C)(C)C)cc1-c1ccccc1)C2)-c1ccc(C(C)(C)C)cc1C3(C)C. The zero-order valence-electron chi connectivity index (χ0n) is 59.6. The molecule has 9 aromatic carbocycles. The predicted molar refractivity (Wildman–Crippen MR) is 399 cm³/mol.